The number of hydrogen-bond donors (Lipinski definition) is 6. The Morgan fingerprint density at radius 3 is 1.32 bits per heavy atom. The number of amides is 2. The molecule has 0 radical (unpaired) electrons. The number of benzene rings is 2. The standard InChI is InChI=1S/C17H21NO2.C14H16BrNO2.C3H7BO2/c1-9-7-12(11-5-6-11)8-10(2)13(9)14-15(19)17(3,4)18-16(14)20;1-7-5-9(15)6-8(2)10(7)11-12(17)14(3,4)16-13(11)18;5-4(6)3-1-2-3/h7-8,11,19H,5-6H2,1-4H3,(H,18,20);5-6,17H,1-4H3,(H,16,18);3,5-6H,1-2H2. The third-order valence-electron chi connectivity index (χ3n) is 8.61. The molecule has 2 fully saturated rings. The van der Waals surface area contributed by atoms with Crippen LogP contribution in [0, 0.1) is 27.7 Å². The Hall–Kier alpha value is -3.08. The van der Waals surface area contributed by atoms with Gasteiger partial charge in [0, 0.05) is 4.47 Å². The van der Waals surface area contributed by atoms with Gasteiger partial charge in [0.25, 0.3) is 11.8 Å². The molecule has 2 amide bonds. The zero-order valence-electron chi connectivity index (χ0n) is 26.9. The Labute approximate surface area is 268 Å². The van der Waals surface area contributed by atoms with Crippen molar-refractivity contribution in [2.75, 3.05) is 0 Å². The summed E-state index contributed by atoms with van der Waals surface area (Å²) in [6.45, 7) is 15.1. The first-order valence-electron chi connectivity index (χ1n) is 15.1. The van der Waals surface area contributed by atoms with Gasteiger partial charge in [0.05, 0.1) is 22.2 Å². The van der Waals surface area contributed by atoms with Crippen molar-refractivity contribution in [3.05, 3.63) is 79.2 Å². The summed E-state index contributed by atoms with van der Waals surface area (Å²) in [5.41, 5.74) is 6.60. The highest BCUT2D eigenvalue weighted by atomic mass is 79.9. The lowest BCUT2D eigenvalue weighted by atomic mass is 9.84. The van der Waals surface area contributed by atoms with Crippen molar-refractivity contribution >= 4 is 46.0 Å². The van der Waals surface area contributed by atoms with Crippen molar-refractivity contribution in [3.8, 4) is 0 Å². The molecule has 0 aromatic heterocycles. The van der Waals surface area contributed by atoms with E-state index in [1.54, 1.807) is 13.8 Å². The first-order chi connectivity index (χ1) is 20.4. The van der Waals surface area contributed by atoms with E-state index < -0.39 is 18.2 Å². The van der Waals surface area contributed by atoms with Gasteiger partial charge in [0.2, 0.25) is 0 Å². The Bertz CT molecular complexity index is 1520. The molecular formula is C34H44BBrN2O6. The number of carbonyl (C=O) groups excluding carboxylic acids is 2. The first-order valence-corrected chi connectivity index (χ1v) is 15.9. The SMILES string of the molecule is Cc1cc(Br)cc(C)c1C1=C(O)C(C)(C)NC1=O.Cc1cc(C2CC2)cc(C)c1C1=C(O)C(C)(C)NC1=O.OB(O)C1CC1. The minimum Gasteiger partial charge on any atom is -0.509 e. The number of hydrogen-bond acceptors (Lipinski definition) is 6. The molecule has 2 aliphatic carbocycles. The molecule has 4 aliphatic rings. The summed E-state index contributed by atoms with van der Waals surface area (Å²) in [6.07, 6.45) is 4.52. The van der Waals surface area contributed by atoms with Crippen molar-refractivity contribution in [3.63, 3.8) is 0 Å². The fourth-order valence-electron chi connectivity index (χ4n) is 5.86. The van der Waals surface area contributed by atoms with Crippen LogP contribution in [0.3, 0.4) is 0 Å². The molecule has 0 unspecified atom stereocenters. The smallest absolute Gasteiger partial charge is 0.454 e. The number of nitrogens with one attached hydrogen (secondary N) is 2. The van der Waals surface area contributed by atoms with Gasteiger partial charge in [0.15, 0.2) is 0 Å². The number of aryl methyl sites for hydroxylation is 4. The van der Waals surface area contributed by atoms with E-state index in [1.165, 1.54) is 18.4 Å². The van der Waals surface area contributed by atoms with E-state index in [0.29, 0.717) is 17.1 Å². The van der Waals surface area contributed by atoms with Crippen molar-refractivity contribution in [1.82, 2.24) is 10.6 Å². The highest BCUT2D eigenvalue weighted by Gasteiger charge is 2.41. The second kappa shape index (κ2) is 12.4. The lowest BCUT2D eigenvalue weighted by Gasteiger charge is -2.17. The fourth-order valence-corrected chi connectivity index (χ4v) is 6.54. The molecule has 0 atom stereocenters. The minimum atomic E-state index is -1.04. The van der Waals surface area contributed by atoms with Crippen LogP contribution in [-0.2, 0) is 9.59 Å². The predicted octanol–water partition coefficient (Wildman–Crippen LogP) is 6.22. The van der Waals surface area contributed by atoms with Crippen LogP contribution in [-0.4, -0.2) is 50.3 Å². The maximum absolute atomic E-state index is 12.2. The molecule has 6 rings (SSSR count). The van der Waals surface area contributed by atoms with Gasteiger partial charge in [-0.05, 0) is 131 Å². The highest BCUT2D eigenvalue weighted by molar-refractivity contribution is 9.10. The Kier molecular flexibility index (Phi) is 9.51. The lowest BCUT2D eigenvalue weighted by Crippen LogP contribution is -2.38. The largest absolute Gasteiger partial charge is 0.509 e. The normalized spacial score (nSPS) is 20.0. The molecule has 2 aliphatic heterocycles. The van der Waals surface area contributed by atoms with Gasteiger partial charge in [-0.3, -0.25) is 9.59 Å². The molecule has 8 nitrogen and oxygen atoms in total. The summed E-state index contributed by atoms with van der Waals surface area (Å²) in [7, 11) is -1.04. The zero-order chi connectivity index (χ0) is 32.9. The Morgan fingerprint density at radius 1 is 0.705 bits per heavy atom. The maximum Gasteiger partial charge on any atom is 0.454 e. The lowest BCUT2D eigenvalue weighted by molar-refractivity contribution is -0.116. The van der Waals surface area contributed by atoms with E-state index in [0.717, 1.165) is 50.7 Å². The van der Waals surface area contributed by atoms with Gasteiger partial charge in [-0.2, -0.15) is 0 Å². The van der Waals surface area contributed by atoms with E-state index in [9.17, 15) is 19.8 Å². The molecule has 2 aromatic carbocycles. The number of rotatable bonds is 4. The summed E-state index contributed by atoms with van der Waals surface area (Å²) in [4.78, 5) is 24.3. The van der Waals surface area contributed by atoms with E-state index in [1.807, 2.05) is 53.7 Å². The second-order valence-electron chi connectivity index (χ2n) is 13.6. The molecule has 10 heteroatoms. The van der Waals surface area contributed by atoms with Crippen LogP contribution in [0.2, 0.25) is 5.82 Å². The fraction of sp³-hybridized carbons (Fsp3) is 0.471. The highest BCUT2D eigenvalue weighted by Crippen LogP contribution is 2.43. The predicted molar refractivity (Wildman–Crippen MR) is 178 cm³/mol. The zero-order valence-corrected chi connectivity index (χ0v) is 28.4. The van der Waals surface area contributed by atoms with Gasteiger partial charge < -0.3 is 30.9 Å². The number of halogens is 1. The molecule has 0 saturated heterocycles. The van der Waals surface area contributed by atoms with Crippen molar-refractivity contribution in [1.29, 1.82) is 0 Å². The summed E-state index contributed by atoms with van der Waals surface area (Å²) < 4.78 is 0.971. The van der Waals surface area contributed by atoms with Crippen LogP contribution < -0.4 is 10.6 Å². The first kappa shape index (κ1) is 33.8. The van der Waals surface area contributed by atoms with Gasteiger partial charge in [-0.25, -0.2) is 0 Å². The molecular weight excluding hydrogens is 623 g/mol. The molecule has 2 saturated carbocycles. The summed E-state index contributed by atoms with van der Waals surface area (Å²) in [6, 6.07) is 8.22. The molecule has 0 bridgehead atoms. The summed E-state index contributed by atoms with van der Waals surface area (Å²) >= 11 is 3.43. The third kappa shape index (κ3) is 7.08. The summed E-state index contributed by atoms with van der Waals surface area (Å²) in [5.74, 6) is 0.765. The van der Waals surface area contributed by atoms with Crippen molar-refractivity contribution < 1.29 is 29.9 Å². The van der Waals surface area contributed by atoms with Crippen molar-refractivity contribution in [2.24, 2.45) is 0 Å². The van der Waals surface area contributed by atoms with Crippen LogP contribution in [0.1, 0.15) is 98.2 Å². The monoisotopic (exact) mass is 666 g/mol. The van der Waals surface area contributed by atoms with Gasteiger partial charge >= 0.3 is 7.12 Å². The molecule has 0 spiro atoms. The van der Waals surface area contributed by atoms with Crippen LogP contribution >= 0.6 is 15.9 Å². The average molecular weight is 667 g/mol. The quantitative estimate of drug-likeness (QED) is 0.214. The van der Waals surface area contributed by atoms with Crippen LogP contribution in [0.4, 0.5) is 0 Å². The van der Waals surface area contributed by atoms with Gasteiger partial charge in [-0.15, -0.1) is 0 Å². The van der Waals surface area contributed by atoms with E-state index in [2.05, 4.69) is 38.7 Å². The molecule has 6 N–H and O–H groups in total. The van der Waals surface area contributed by atoms with Crippen molar-refractivity contribution in [2.45, 2.75) is 104 Å². The number of aliphatic hydroxyl groups excluding tert-OH is 2. The maximum atomic E-state index is 12.2. The number of carbonyl (C=O) groups is 2. The van der Waals surface area contributed by atoms with E-state index in [-0.39, 0.29) is 29.1 Å². The molecule has 236 valence electrons. The topological polar surface area (TPSA) is 139 Å². The Balaban J connectivity index is 0.000000170. The molecule has 2 heterocycles. The van der Waals surface area contributed by atoms with Crippen LogP contribution in [0.25, 0.3) is 11.1 Å². The molecule has 44 heavy (non-hydrogen) atoms. The van der Waals surface area contributed by atoms with E-state index >= 15 is 0 Å². The average Bonchev–Trinajstić information content (AvgIpc) is 3.79. The van der Waals surface area contributed by atoms with Crippen LogP contribution in [0.5, 0.6) is 0 Å². The van der Waals surface area contributed by atoms with Gasteiger partial charge in [-0.1, -0.05) is 40.9 Å². The van der Waals surface area contributed by atoms with Gasteiger partial charge in [0.1, 0.15) is 11.5 Å². The van der Waals surface area contributed by atoms with Crippen LogP contribution in [0.15, 0.2) is 40.3 Å². The molecule has 2 aromatic rings. The Morgan fingerprint density at radius 2 is 1.07 bits per heavy atom. The minimum absolute atomic E-state index is 0.112. The van der Waals surface area contributed by atoms with E-state index in [4.69, 9.17) is 10.0 Å². The summed E-state index contributed by atoms with van der Waals surface area (Å²) in [5, 5.41) is 42.7. The number of aliphatic hydroxyl groups is 2. The third-order valence-corrected chi connectivity index (χ3v) is 9.07. The second-order valence-corrected chi connectivity index (χ2v) is 14.5.